The maximum absolute atomic E-state index is 12.5. The first-order valence-electron chi connectivity index (χ1n) is 20.8. The van der Waals surface area contributed by atoms with Crippen LogP contribution in [0.2, 0.25) is 0 Å². The summed E-state index contributed by atoms with van der Waals surface area (Å²) in [5.41, 5.74) is -0.109. The number of alkyl halides is 2. The molecule has 27 heteroatoms. The number of hydrogen-bond donors (Lipinski definition) is 6. The van der Waals surface area contributed by atoms with E-state index in [4.69, 9.17) is 33.4 Å². The van der Waals surface area contributed by atoms with Crippen molar-refractivity contribution < 1.29 is 56.7 Å². The van der Waals surface area contributed by atoms with Crippen LogP contribution in [0.1, 0.15) is 122 Å². The summed E-state index contributed by atoms with van der Waals surface area (Å²) in [4.78, 5) is 14.6. The molecule has 6 N–H and O–H groups in total. The van der Waals surface area contributed by atoms with E-state index in [0.29, 0.717) is 50.9 Å². The topological polar surface area (TPSA) is 328 Å². The summed E-state index contributed by atoms with van der Waals surface area (Å²) in [5.74, 6) is -1.08. The molecule has 0 spiro atoms. The number of unbranched alkanes of at least 4 members (excludes halogenated alkanes) is 2. The number of halogens is 2. The minimum atomic E-state index is -4.62. The van der Waals surface area contributed by atoms with Crippen molar-refractivity contribution in [2.24, 2.45) is 10.2 Å². The van der Waals surface area contributed by atoms with Gasteiger partial charge < -0.3 is 15.5 Å². The highest BCUT2D eigenvalue weighted by molar-refractivity contribution is 7.87. The van der Waals surface area contributed by atoms with Crippen LogP contribution in [0.25, 0.3) is 0 Å². The third kappa shape index (κ3) is 16.0. The molecule has 0 aromatic carbocycles. The van der Waals surface area contributed by atoms with Crippen molar-refractivity contribution in [3.05, 3.63) is 11.3 Å². The highest BCUT2D eigenvalue weighted by Crippen LogP contribution is 2.43. The first kappa shape index (κ1) is 53.5. The fraction of sp³-hybridized carbons (Fsp3) is 0.861. The van der Waals surface area contributed by atoms with Gasteiger partial charge in [0.2, 0.25) is 5.91 Å². The molecule has 63 heavy (non-hydrogen) atoms. The number of carbonyl (C=O) groups excluding carboxylic acids is 1. The van der Waals surface area contributed by atoms with E-state index >= 15 is 0 Å². The summed E-state index contributed by atoms with van der Waals surface area (Å²) in [6.45, 7) is 7.80. The van der Waals surface area contributed by atoms with Crippen LogP contribution in [0.15, 0.2) is 10.2 Å². The Labute approximate surface area is 380 Å². The van der Waals surface area contributed by atoms with E-state index in [2.05, 4.69) is 26.7 Å². The Kier molecular flexibility index (Phi) is 18.4. The normalized spacial score (nSPS) is 29.2. The lowest BCUT2D eigenvalue weighted by Crippen LogP contribution is -2.52. The molecule has 360 valence electrons. The molecule has 3 aliphatic carbocycles. The van der Waals surface area contributed by atoms with Crippen molar-refractivity contribution in [2.75, 3.05) is 24.6 Å². The number of nitriles is 1. The van der Waals surface area contributed by atoms with Gasteiger partial charge in [-0.05, 0) is 90.1 Å². The Morgan fingerprint density at radius 1 is 0.825 bits per heavy atom. The third-order valence-corrected chi connectivity index (χ3v) is 16.8. The zero-order chi connectivity index (χ0) is 47.3. The third-order valence-electron chi connectivity index (χ3n) is 11.9. The van der Waals surface area contributed by atoms with Gasteiger partial charge in [0.1, 0.15) is 11.6 Å². The maximum atomic E-state index is 12.5. The monoisotopic (exact) mass is 1010 g/mol. The van der Waals surface area contributed by atoms with Crippen LogP contribution in [-0.4, -0.2) is 149 Å². The van der Waals surface area contributed by atoms with Gasteiger partial charge in [0.25, 0.3) is 40.5 Å². The van der Waals surface area contributed by atoms with Crippen LogP contribution in [0.5, 0.6) is 0 Å². The first-order chi connectivity index (χ1) is 29.0. The molecular weight excluding hydrogens is 952 g/mol. The van der Waals surface area contributed by atoms with Crippen LogP contribution in [0, 0.1) is 11.3 Å². The van der Waals surface area contributed by atoms with E-state index in [0.717, 1.165) is 0 Å². The quantitative estimate of drug-likeness (QED) is 0.0497. The average molecular weight is 1010 g/mol. The minimum absolute atomic E-state index is 0.0948. The maximum Gasteiger partial charge on any atom is 0.267 e. The number of azo groups is 1. The van der Waals surface area contributed by atoms with Gasteiger partial charge in [0, 0.05) is 30.5 Å². The summed E-state index contributed by atoms with van der Waals surface area (Å²) in [5, 5.41) is 26.5. The van der Waals surface area contributed by atoms with Crippen LogP contribution < -0.4 is 10.6 Å². The van der Waals surface area contributed by atoms with Gasteiger partial charge in [0.15, 0.2) is 5.82 Å². The molecular formula is C36H60Cl2N8O13S4. The van der Waals surface area contributed by atoms with Gasteiger partial charge >= 0.3 is 0 Å². The largest absolute Gasteiger partial charge is 0.351 e. The smallest absolute Gasteiger partial charge is 0.267 e. The van der Waals surface area contributed by atoms with Crippen molar-refractivity contribution in [3.63, 3.8) is 0 Å². The van der Waals surface area contributed by atoms with E-state index in [-0.39, 0.29) is 61.9 Å². The number of amides is 1. The molecule has 7 atom stereocenters. The predicted molar refractivity (Wildman–Crippen MR) is 235 cm³/mol. The molecule has 3 aliphatic rings. The minimum Gasteiger partial charge on any atom is -0.351 e. The molecule has 0 radical (unpaired) electrons. The molecule has 1 heterocycles. The SMILES string of the molecule is CC(=O)NC1CC(N(CCCCS(=O)(=O)O)CCCCS(=O)(=O)O)CCC1N=Nc1c(C#N)c(C(C)(C)C)nn1C1C(Cl)CC(NC2CC(S(=O)(=O)O)CC(S(=O)(=O)O)C2)CC1Cl. The van der Waals surface area contributed by atoms with Crippen molar-refractivity contribution in [1.29, 1.82) is 5.26 Å². The second kappa shape index (κ2) is 21.7. The van der Waals surface area contributed by atoms with E-state index in [1.807, 2.05) is 20.8 Å². The summed E-state index contributed by atoms with van der Waals surface area (Å²) in [6.07, 6.45) is 2.33. The Balaban J connectivity index is 1.59. The fourth-order valence-corrected chi connectivity index (χ4v) is 13.2. The van der Waals surface area contributed by atoms with Crippen LogP contribution in [0.4, 0.5) is 5.82 Å². The van der Waals surface area contributed by atoms with Crippen LogP contribution in [0.3, 0.4) is 0 Å². The average Bonchev–Trinajstić information content (AvgIpc) is 3.50. The lowest BCUT2D eigenvalue weighted by Gasteiger charge is -2.41. The highest BCUT2D eigenvalue weighted by Gasteiger charge is 2.45. The molecule has 21 nitrogen and oxygen atoms in total. The van der Waals surface area contributed by atoms with E-state index in [1.54, 1.807) is 0 Å². The number of aromatic nitrogens is 2. The molecule has 4 rings (SSSR count). The van der Waals surface area contributed by atoms with Gasteiger partial charge in [-0.2, -0.15) is 49.1 Å². The summed E-state index contributed by atoms with van der Waals surface area (Å²) < 4.78 is 133. The lowest BCUT2D eigenvalue weighted by atomic mass is 9.86. The van der Waals surface area contributed by atoms with Gasteiger partial charge in [-0.3, -0.25) is 23.0 Å². The Morgan fingerprint density at radius 2 is 1.33 bits per heavy atom. The molecule has 1 amide bonds. The molecule has 1 aromatic rings. The number of hydrogen-bond acceptors (Lipinski definition) is 15. The Morgan fingerprint density at radius 3 is 1.78 bits per heavy atom. The molecule has 0 saturated heterocycles. The molecule has 7 unspecified atom stereocenters. The first-order valence-corrected chi connectivity index (χ1v) is 27.9. The van der Waals surface area contributed by atoms with E-state index in [9.17, 15) is 61.9 Å². The Hall–Kier alpha value is -2.09. The molecule has 1 aromatic heterocycles. The summed E-state index contributed by atoms with van der Waals surface area (Å²) >= 11 is 14.2. The van der Waals surface area contributed by atoms with E-state index < -0.39 is 115 Å². The second-order valence-corrected chi connectivity index (χ2v) is 25.6. The van der Waals surface area contributed by atoms with Gasteiger partial charge in [-0.15, -0.1) is 28.3 Å². The number of nitrogens with one attached hydrogen (secondary N) is 2. The number of rotatable bonds is 19. The highest BCUT2D eigenvalue weighted by atomic mass is 35.5. The lowest BCUT2D eigenvalue weighted by molar-refractivity contribution is -0.120. The van der Waals surface area contributed by atoms with Crippen molar-refractivity contribution in [2.45, 2.75) is 168 Å². The van der Waals surface area contributed by atoms with Gasteiger partial charge in [0.05, 0.1) is 56.6 Å². The van der Waals surface area contributed by atoms with E-state index in [1.165, 1.54) is 11.6 Å². The zero-order valence-electron chi connectivity index (χ0n) is 35.6. The predicted octanol–water partition coefficient (Wildman–Crippen LogP) is 3.77. The summed E-state index contributed by atoms with van der Waals surface area (Å²) in [6, 6.07) is -0.981. The summed E-state index contributed by atoms with van der Waals surface area (Å²) in [7, 11) is -17.6. The van der Waals surface area contributed by atoms with Crippen molar-refractivity contribution >= 4 is 75.4 Å². The number of carbonyl (C=O) groups is 1. The molecule has 0 aliphatic heterocycles. The fourth-order valence-electron chi connectivity index (χ4n) is 8.94. The van der Waals surface area contributed by atoms with Crippen molar-refractivity contribution in [1.82, 2.24) is 25.3 Å². The number of nitrogens with zero attached hydrogens (tertiary/aromatic N) is 6. The van der Waals surface area contributed by atoms with Crippen LogP contribution in [-0.2, 0) is 50.7 Å². The van der Waals surface area contributed by atoms with Crippen LogP contribution >= 0.6 is 23.2 Å². The second-order valence-electron chi connectivity index (χ2n) is 18.0. The molecule has 0 bridgehead atoms. The van der Waals surface area contributed by atoms with Crippen molar-refractivity contribution in [3.8, 4) is 6.07 Å². The zero-order valence-corrected chi connectivity index (χ0v) is 40.4. The van der Waals surface area contributed by atoms with Gasteiger partial charge in [-0.1, -0.05) is 20.8 Å². The molecule has 3 fully saturated rings. The Bertz CT molecular complexity index is 2200. The standard InChI is InChI=1S/C36H60Cl2N8O13S4/c1-22(47)40-32-19-25(45(11-5-7-13-60(48,49)50)12-6-8-14-61(51,52)53)9-10-31(32)42-43-35-28(21-39)34(36(2,3)4)44-46(35)33-29(37)17-24(18-30(33)38)41-23-15-26(62(54,55)56)20-27(16-23)63(57,58)59/h23-27,29-33,41H,5-20H2,1-4H3,(H,40,47)(H,48,49,50)(H,51,52,53)(H,54,55,56)(H,57,58,59). The van der Waals surface area contributed by atoms with Gasteiger partial charge in [-0.25, -0.2) is 4.68 Å². The molecule has 3 saturated carbocycles.